The monoisotopic (exact) mass is 346 g/mol. The molecule has 0 spiro atoms. The van der Waals surface area contributed by atoms with E-state index in [9.17, 15) is 9.59 Å². The summed E-state index contributed by atoms with van der Waals surface area (Å²) in [5.41, 5.74) is 1.02. The molecule has 1 heterocycles. The van der Waals surface area contributed by atoms with Gasteiger partial charge in [0.2, 0.25) is 5.91 Å². The number of hydrogen-bond acceptors (Lipinski definition) is 4. The highest BCUT2D eigenvalue weighted by atomic mass is 16.5. The van der Waals surface area contributed by atoms with Crippen LogP contribution >= 0.6 is 0 Å². The third kappa shape index (κ3) is 4.98. The Morgan fingerprint density at radius 2 is 1.80 bits per heavy atom. The fraction of sp³-hybridized carbons (Fsp3) is 0.474. The lowest BCUT2D eigenvalue weighted by molar-refractivity contribution is -0.130. The zero-order valence-electron chi connectivity index (χ0n) is 15.3. The van der Waals surface area contributed by atoms with Crippen molar-refractivity contribution < 1.29 is 19.1 Å². The highest BCUT2D eigenvalue weighted by Crippen LogP contribution is 2.28. The van der Waals surface area contributed by atoms with E-state index in [1.54, 1.807) is 37.3 Å². The van der Waals surface area contributed by atoms with Gasteiger partial charge in [0.25, 0.3) is 5.91 Å². The van der Waals surface area contributed by atoms with Crippen molar-refractivity contribution in [2.45, 2.75) is 26.7 Å². The molecule has 0 bridgehead atoms. The molecule has 2 rings (SSSR count). The molecule has 1 aliphatic heterocycles. The molecule has 0 radical (unpaired) electrons. The lowest BCUT2D eigenvalue weighted by Crippen LogP contribution is -2.42. The Balaban J connectivity index is 2.28. The number of amides is 2. The molecule has 0 atom stereocenters. The number of hydrogen-bond donors (Lipinski definition) is 1. The van der Waals surface area contributed by atoms with Crippen LogP contribution in [0.1, 0.15) is 32.3 Å². The summed E-state index contributed by atoms with van der Waals surface area (Å²) in [6.07, 6.45) is 3.63. The molecular formula is C19H26N2O4. The quantitative estimate of drug-likeness (QED) is 0.832. The van der Waals surface area contributed by atoms with E-state index >= 15 is 0 Å². The molecular weight excluding hydrogens is 320 g/mol. The number of likely N-dealkylation sites (tertiary alicyclic amines) is 1. The van der Waals surface area contributed by atoms with Crippen molar-refractivity contribution in [3.63, 3.8) is 0 Å². The second-order valence-electron chi connectivity index (χ2n) is 6.33. The second-order valence-corrected chi connectivity index (χ2v) is 6.33. The van der Waals surface area contributed by atoms with E-state index in [4.69, 9.17) is 9.47 Å². The van der Waals surface area contributed by atoms with Gasteiger partial charge in [-0.05, 0) is 42.5 Å². The van der Waals surface area contributed by atoms with Crippen molar-refractivity contribution in [3.05, 3.63) is 29.5 Å². The first-order valence-corrected chi connectivity index (χ1v) is 8.45. The summed E-state index contributed by atoms with van der Waals surface area (Å²) in [4.78, 5) is 26.1. The van der Waals surface area contributed by atoms with Crippen LogP contribution in [0.25, 0.3) is 6.08 Å². The number of piperidine rings is 1. The molecule has 136 valence electrons. The van der Waals surface area contributed by atoms with Crippen LogP contribution in [0.2, 0.25) is 0 Å². The van der Waals surface area contributed by atoms with E-state index in [2.05, 4.69) is 12.2 Å². The Bertz CT molecular complexity index is 661. The zero-order valence-corrected chi connectivity index (χ0v) is 15.3. The summed E-state index contributed by atoms with van der Waals surface area (Å²) in [6.45, 7) is 5.01. The van der Waals surface area contributed by atoms with Crippen LogP contribution in [0.3, 0.4) is 0 Å². The molecule has 0 aliphatic carbocycles. The standard InChI is InChI=1S/C19H26N2O4/c1-13-7-9-21(10-8-13)19(23)16(20-14(2)22)11-15-5-6-17(24-3)18(12-15)25-4/h5-6,11-13H,7-10H2,1-4H3,(H,20,22)/b16-11+. The number of rotatable bonds is 5. The van der Waals surface area contributed by atoms with E-state index in [0.29, 0.717) is 30.5 Å². The number of ether oxygens (including phenoxy) is 2. The highest BCUT2D eigenvalue weighted by molar-refractivity contribution is 6.01. The fourth-order valence-electron chi connectivity index (χ4n) is 2.83. The minimum atomic E-state index is -0.273. The van der Waals surface area contributed by atoms with Gasteiger partial charge in [-0.3, -0.25) is 9.59 Å². The number of nitrogens with one attached hydrogen (secondary N) is 1. The number of methoxy groups -OCH3 is 2. The van der Waals surface area contributed by atoms with Gasteiger partial charge in [0.05, 0.1) is 14.2 Å². The molecule has 0 saturated carbocycles. The van der Waals surface area contributed by atoms with Gasteiger partial charge in [0.1, 0.15) is 5.70 Å². The molecule has 6 heteroatoms. The van der Waals surface area contributed by atoms with E-state index < -0.39 is 0 Å². The Morgan fingerprint density at radius 3 is 2.36 bits per heavy atom. The SMILES string of the molecule is COc1ccc(/C=C(/NC(C)=O)C(=O)N2CCC(C)CC2)cc1OC. The summed E-state index contributed by atoms with van der Waals surface area (Å²) in [5, 5.41) is 2.66. The van der Waals surface area contributed by atoms with E-state index in [1.807, 2.05) is 6.07 Å². The van der Waals surface area contributed by atoms with Crippen LogP contribution in [0.4, 0.5) is 0 Å². The van der Waals surface area contributed by atoms with E-state index in [1.165, 1.54) is 6.92 Å². The normalized spacial score (nSPS) is 15.7. The number of nitrogens with zero attached hydrogens (tertiary/aromatic N) is 1. The maximum Gasteiger partial charge on any atom is 0.270 e. The first-order valence-electron chi connectivity index (χ1n) is 8.45. The zero-order chi connectivity index (χ0) is 18.4. The molecule has 1 saturated heterocycles. The average Bonchev–Trinajstić information content (AvgIpc) is 2.60. The van der Waals surface area contributed by atoms with Gasteiger partial charge in [0.15, 0.2) is 11.5 Å². The van der Waals surface area contributed by atoms with Crippen LogP contribution < -0.4 is 14.8 Å². The van der Waals surface area contributed by atoms with Crippen LogP contribution in [0.5, 0.6) is 11.5 Å². The predicted octanol–water partition coefficient (Wildman–Crippen LogP) is 2.44. The third-order valence-electron chi connectivity index (χ3n) is 4.33. The van der Waals surface area contributed by atoms with Crippen LogP contribution in [-0.2, 0) is 9.59 Å². The van der Waals surface area contributed by atoms with Gasteiger partial charge in [0, 0.05) is 20.0 Å². The van der Waals surface area contributed by atoms with Crippen molar-refractivity contribution in [2.24, 2.45) is 5.92 Å². The Morgan fingerprint density at radius 1 is 1.16 bits per heavy atom. The van der Waals surface area contributed by atoms with Crippen molar-refractivity contribution in [1.82, 2.24) is 10.2 Å². The fourth-order valence-corrected chi connectivity index (χ4v) is 2.83. The Hall–Kier alpha value is -2.50. The van der Waals surface area contributed by atoms with Gasteiger partial charge in [-0.25, -0.2) is 0 Å². The molecule has 1 aromatic rings. The first-order chi connectivity index (χ1) is 11.9. The topological polar surface area (TPSA) is 67.9 Å². The second kappa shape index (κ2) is 8.55. The molecule has 0 aromatic heterocycles. The molecule has 1 fully saturated rings. The van der Waals surface area contributed by atoms with Gasteiger partial charge in [-0.1, -0.05) is 13.0 Å². The number of benzene rings is 1. The minimum absolute atomic E-state index is 0.156. The number of carbonyl (C=O) groups excluding carboxylic acids is 2. The maximum atomic E-state index is 12.8. The van der Waals surface area contributed by atoms with Crippen LogP contribution in [-0.4, -0.2) is 44.0 Å². The van der Waals surface area contributed by atoms with Gasteiger partial charge in [-0.15, -0.1) is 0 Å². The molecule has 25 heavy (non-hydrogen) atoms. The summed E-state index contributed by atoms with van der Waals surface area (Å²) in [6, 6.07) is 5.35. The first kappa shape index (κ1) is 18.8. The smallest absolute Gasteiger partial charge is 0.270 e. The van der Waals surface area contributed by atoms with Gasteiger partial charge >= 0.3 is 0 Å². The minimum Gasteiger partial charge on any atom is -0.493 e. The average molecular weight is 346 g/mol. The van der Waals surface area contributed by atoms with E-state index in [-0.39, 0.29) is 17.5 Å². The third-order valence-corrected chi connectivity index (χ3v) is 4.33. The van der Waals surface area contributed by atoms with Crippen molar-refractivity contribution in [1.29, 1.82) is 0 Å². The van der Waals surface area contributed by atoms with Crippen molar-refractivity contribution in [3.8, 4) is 11.5 Å². The van der Waals surface area contributed by atoms with E-state index in [0.717, 1.165) is 18.4 Å². The number of carbonyl (C=O) groups is 2. The lowest BCUT2D eigenvalue weighted by Gasteiger charge is -2.31. The molecule has 1 aliphatic rings. The molecule has 2 amide bonds. The van der Waals surface area contributed by atoms with Gasteiger partial charge < -0.3 is 19.7 Å². The summed E-state index contributed by atoms with van der Waals surface area (Å²) >= 11 is 0. The summed E-state index contributed by atoms with van der Waals surface area (Å²) in [7, 11) is 3.12. The van der Waals surface area contributed by atoms with Crippen molar-refractivity contribution >= 4 is 17.9 Å². The largest absolute Gasteiger partial charge is 0.493 e. The highest BCUT2D eigenvalue weighted by Gasteiger charge is 2.23. The summed E-state index contributed by atoms with van der Waals surface area (Å²) < 4.78 is 10.5. The molecule has 1 aromatic carbocycles. The van der Waals surface area contributed by atoms with Crippen LogP contribution in [0.15, 0.2) is 23.9 Å². The Labute approximate surface area is 148 Å². The van der Waals surface area contributed by atoms with Crippen molar-refractivity contribution in [2.75, 3.05) is 27.3 Å². The lowest BCUT2D eigenvalue weighted by atomic mass is 9.99. The molecule has 6 nitrogen and oxygen atoms in total. The molecule has 1 N–H and O–H groups in total. The van der Waals surface area contributed by atoms with Crippen LogP contribution in [0, 0.1) is 5.92 Å². The summed E-state index contributed by atoms with van der Waals surface area (Å²) in [5.74, 6) is 1.38. The van der Waals surface area contributed by atoms with Gasteiger partial charge in [-0.2, -0.15) is 0 Å². The maximum absolute atomic E-state index is 12.8. The Kier molecular flexibility index (Phi) is 6.44. The molecule has 0 unspecified atom stereocenters. The predicted molar refractivity (Wildman–Crippen MR) is 96.3 cm³/mol.